The lowest BCUT2D eigenvalue weighted by Crippen LogP contribution is -2.39. The second-order valence-electron chi connectivity index (χ2n) is 3.67. The summed E-state index contributed by atoms with van der Waals surface area (Å²) >= 11 is 0. The van der Waals surface area contributed by atoms with Crippen LogP contribution in [-0.2, 0) is 9.59 Å². The van der Waals surface area contributed by atoms with E-state index in [1.165, 1.54) is 4.90 Å². The van der Waals surface area contributed by atoms with E-state index in [0.29, 0.717) is 19.0 Å². The molecule has 1 atom stereocenters. The Bertz CT molecular complexity index is 248. The minimum Gasteiger partial charge on any atom is -0.303 e. The average Bonchev–Trinajstić information content (AvgIpc) is 2.83. The third-order valence-electron chi connectivity index (χ3n) is 2.57. The number of carbonyl (C=O) groups is 2. The molecule has 1 heterocycles. The highest BCUT2D eigenvalue weighted by Crippen LogP contribution is 2.22. The van der Waals surface area contributed by atoms with Crippen LogP contribution in [0.2, 0.25) is 0 Å². The van der Waals surface area contributed by atoms with E-state index in [1.54, 1.807) is 0 Å². The lowest BCUT2D eigenvalue weighted by molar-refractivity contribution is -0.138. The number of nitrogens with zero attached hydrogens (tertiary/aromatic N) is 1. The normalized spacial score (nSPS) is 28.7. The summed E-state index contributed by atoms with van der Waals surface area (Å²) in [6, 6.07) is 0.249. The van der Waals surface area contributed by atoms with E-state index in [1.807, 2.05) is 6.92 Å². The van der Waals surface area contributed by atoms with Crippen LogP contribution >= 0.6 is 0 Å². The number of amides is 2. The summed E-state index contributed by atoms with van der Waals surface area (Å²) in [6.07, 6.45) is 2.64. The van der Waals surface area contributed by atoms with Crippen molar-refractivity contribution in [2.45, 2.75) is 38.3 Å². The summed E-state index contributed by atoms with van der Waals surface area (Å²) in [5.74, 6) is -0.0787. The van der Waals surface area contributed by atoms with Gasteiger partial charge in [-0.1, -0.05) is 0 Å². The van der Waals surface area contributed by atoms with Crippen molar-refractivity contribution in [3.8, 4) is 0 Å². The van der Waals surface area contributed by atoms with Crippen LogP contribution in [0.5, 0.6) is 0 Å². The zero-order valence-electron chi connectivity index (χ0n) is 7.75. The Morgan fingerprint density at radius 1 is 1.46 bits per heavy atom. The first-order chi connectivity index (χ1) is 6.22. The molecule has 2 rings (SSSR count). The van der Waals surface area contributed by atoms with E-state index < -0.39 is 0 Å². The fourth-order valence-corrected chi connectivity index (χ4v) is 1.68. The van der Waals surface area contributed by atoms with Gasteiger partial charge in [-0.25, -0.2) is 0 Å². The van der Waals surface area contributed by atoms with Crippen molar-refractivity contribution < 1.29 is 9.59 Å². The van der Waals surface area contributed by atoms with Gasteiger partial charge in [0.1, 0.15) is 0 Å². The van der Waals surface area contributed by atoms with Crippen LogP contribution in [0.25, 0.3) is 0 Å². The number of nitrogens with one attached hydrogen (secondary N) is 1. The smallest absolute Gasteiger partial charge is 0.246 e. The van der Waals surface area contributed by atoms with E-state index in [4.69, 9.17) is 0 Å². The molecule has 2 aliphatic rings. The molecule has 1 saturated carbocycles. The van der Waals surface area contributed by atoms with Crippen LogP contribution in [0.3, 0.4) is 0 Å². The minimum absolute atomic E-state index is 0.0364. The molecule has 0 bridgehead atoms. The van der Waals surface area contributed by atoms with Gasteiger partial charge < -0.3 is 5.32 Å². The highest BCUT2D eigenvalue weighted by molar-refractivity contribution is 6.05. The fourth-order valence-electron chi connectivity index (χ4n) is 1.68. The second-order valence-corrected chi connectivity index (χ2v) is 3.67. The molecule has 72 valence electrons. The maximum absolute atomic E-state index is 11.6. The molecule has 1 N–H and O–H groups in total. The molecule has 1 aliphatic carbocycles. The summed E-state index contributed by atoms with van der Waals surface area (Å²) in [6.45, 7) is 2.33. The van der Waals surface area contributed by atoms with Crippen molar-refractivity contribution in [3.05, 3.63) is 0 Å². The van der Waals surface area contributed by atoms with Gasteiger partial charge in [0.25, 0.3) is 0 Å². The monoisotopic (exact) mass is 182 g/mol. The number of likely N-dealkylation sites (tertiary alicyclic amines) is 1. The standard InChI is InChI=1S/C9H14N2O2/c1-2-11-8(12)5-7(9(11)13)10-6-3-4-6/h6-7,10H,2-5H2,1H3. The Morgan fingerprint density at radius 3 is 2.62 bits per heavy atom. The molecular formula is C9H14N2O2. The zero-order valence-corrected chi connectivity index (χ0v) is 7.75. The molecule has 0 aromatic rings. The highest BCUT2D eigenvalue weighted by atomic mass is 16.2. The van der Waals surface area contributed by atoms with Gasteiger partial charge in [-0.15, -0.1) is 0 Å². The summed E-state index contributed by atoms with van der Waals surface area (Å²) in [7, 11) is 0. The molecule has 0 radical (unpaired) electrons. The Hall–Kier alpha value is -0.900. The van der Waals surface area contributed by atoms with Crippen LogP contribution in [0, 0.1) is 0 Å². The quantitative estimate of drug-likeness (QED) is 0.619. The number of imide groups is 1. The summed E-state index contributed by atoms with van der Waals surface area (Å²) in [5, 5.41) is 3.19. The molecule has 1 saturated heterocycles. The molecule has 2 amide bonds. The van der Waals surface area contributed by atoms with E-state index in [2.05, 4.69) is 5.32 Å². The summed E-state index contributed by atoms with van der Waals surface area (Å²) in [4.78, 5) is 24.2. The number of rotatable bonds is 3. The molecule has 13 heavy (non-hydrogen) atoms. The van der Waals surface area contributed by atoms with Crippen molar-refractivity contribution in [3.63, 3.8) is 0 Å². The third-order valence-corrected chi connectivity index (χ3v) is 2.57. The molecule has 0 aromatic heterocycles. The van der Waals surface area contributed by atoms with Gasteiger partial charge in [0.05, 0.1) is 12.5 Å². The maximum Gasteiger partial charge on any atom is 0.246 e. The molecule has 1 aliphatic heterocycles. The van der Waals surface area contributed by atoms with Crippen molar-refractivity contribution in [1.82, 2.24) is 10.2 Å². The van der Waals surface area contributed by atoms with Crippen molar-refractivity contribution >= 4 is 11.8 Å². The molecule has 2 fully saturated rings. The van der Waals surface area contributed by atoms with Gasteiger partial charge >= 0.3 is 0 Å². The average molecular weight is 182 g/mol. The first kappa shape index (κ1) is 8.69. The van der Waals surface area contributed by atoms with Crippen LogP contribution in [0.1, 0.15) is 26.2 Å². The first-order valence-electron chi connectivity index (χ1n) is 4.82. The number of hydrogen-bond donors (Lipinski definition) is 1. The van der Waals surface area contributed by atoms with E-state index >= 15 is 0 Å². The number of likely N-dealkylation sites (N-methyl/N-ethyl adjacent to an activating group) is 1. The van der Waals surface area contributed by atoms with Crippen LogP contribution < -0.4 is 5.32 Å². The molecule has 0 spiro atoms. The lowest BCUT2D eigenvalue weighted by atomic mass is 10.2. The molecular weight excluding hydrogens is 168 g/mol. The van der Waals surface area contributed by atoms with E-state index in [-0.39, 0.29) is 17.9 Å². The maximum atomic E-state index is 11.6. The molecule has 4 heteroatoms. The summed E-state index contributed by atoms with van der Waals surface area (Å²) in [5.41, 5.74) is 0. The van der Waals surface area contributed by atoms with E-state index in [0.717, 1.165) is 12.8 Å². The summed E-state index contributed by atoms with van der Waals surface area (Å²) < 4.78 is 0. The topological polar surface area (TPSA) is 49.4 Å². The zero-order chi connectivity index (χ0) is 9.42. The minimum atomic E-state index is -0.236. The van der Waals surface area contributed by atoms with Crippen LogP contribution in [0.4, 0.5) is 0 Å². The lowest BCUT2D eigenvalue weighted by Gasteiger charge is -2.12. The molecule has 1 unspecified atom stereocenters. The van der Waals surface area contributed by atoms with Gasteiger partial charge in [-0.2, -0.15) is 0 Å². The largest absolute Gasteiger partial charge is 0.303 e. The SMILES string of the molecule is CCN1C(=O)CC(NC2CC2)C1=O. The molecule has 4 nitrogen and oxygen atoms in total. The van der Waals surface area contributed by atoms with Crippen LogP contribution in [-0.4, -0.2) is 35.3 Å². The Morgan fingerprint density at radius 2 is 2.15 bits per heavy atom. The Labute approximate surface area is 77.3 Å². The van der Waals surface area contributed by atoms with Crippen molar-refractivity contribution in [1.29, 1.82) is 0 Å². The van der Waals surface area contributed by atoms with Crippen molar-refractivity contribution in [2.24, 2.45) is 0 Å². The Kier molecular flexibility index (Phi) is 2.07. The van der Waals surface area contributed by atoms with Gasteiger partial charge in [0, 0.05) is 12.6 Å². The first-order valence-corrected chi connectivity index (χ1v) is 4.82. The molecule has 0 aromatic carbocycles. The van der Waals surface area contributed by atoms with Gasteiger partial charge in [0.15, 0.2) is 0 Å². The predicted octanol–water partition coefficient (Wildman–Crippen LogP) is -0.114. The van der Waals surface area contributed by atoms with Gasteiger partial charge in [-0.05, 0) is 19.8 Å². The fraction of sp³-hybridized carbons (Fsp3) is 0.778. The van der Waals surface area contributed by atoms with Gasteiger partial charge in [-0.3, -0.25) is 14.5 Å². The Balaban J connectivity index is 1.98. The second kappa shape index (κ2) is 3.10. The predicted molar refractivity (Wildman–Crippen MR) is 47.0 cm³/mol. The van der Waals surface area contributed by atoms with E-state index in [9.17, 15) is 9.59 Å². The van der Waals surface area contributed by atoms with Gasteiger partial charge in [0.2, 0.25) is 11.8 Å². The van der Waals surface area contributed by atoms with Crippen molar-refractivity contribution in [2.75, 3.05) is 6.54 Å². The number of carbonyl (C=O) groups excluding carboxylic acids is 2. The third kappa shape index (κ3) is 1.58. The number of hydrogen-bond acceptors (Lipinski definition) is 3. The highest BCUT2D eigenvalue weighted by Gasteiger charge is 2.39. The van der Waals surface area contributed by atoms with Crippen LogP contribution in [0.15, 0.2) is 0 Å².